The summed E-state index contributed by atoms with van der Waals surface area (Å²) in [6.07, 6.45) is 7.31. The fourth-order valence-electron chi connectivity index (χ4n) is 5.39. The topological polar surface area (TPSA) is 122 Å². The Labute approximate surface area is 185 Å². The number of hydrogen-bond donors (Lipinski definition) is 4. The Morgan fingerprint density at radius 3 is 2.69 bits per heavy atom. The number of nitrogens with one attached hydrogen (secondary N) is 3. The maximum atomic E-state index is 13.0. The third kappa shape index (κ3) is 3.50. The molecule has 0 aliphatic heterocycles. The first-order chi connectivity index (χ1) is 15.4. The van der Waals surface area contributed by atoms with Crippen LogP contribution < -0.4 is 21.9 Å². The van der Waals surface area contributed by atoms with Gasteiger partial charge >= 0.3 is 0 Å². The molecule has 0 bridgehead atoms. The molecular weight excluding hydrogens is 406 g/mol. The van der Waals surface area contributed by atoms with Gasteiger partial charge in [0.25, 0.3) is 17.4 Å². The molecule has 2 aliphatic carbocycles. The molecule has 5 N–H and O–H groups in total. The van der Waals surface area contributed by atoms with E-state index in [0.29, 0.717) is 11.0 Å². The van der Waals surface area contributed by atoms with E-state index in [1.807, 2.05) is 30.5 Å². The zero-order valence-electron chi connectivity index (χ0n) is 18.0. The van der Waals surface area contributed by atoms with Gasteiger partial charge in [-0.15, -0.1) is 0 Å². The van der Waals surface area contributed by atoms with Crippen molar-refractivity contribution in [2.75, 3.05) is 7.05 Å². The molecule has 0 saturated heterocycles. The second-order valence-electron chi connectivity index (χ2n) is 9.26. The van der Waals surface area contributed by atoms with Crippen molar-refractivity contribution in [3.05, 3.63) is 69.8 Å². The van der Waals surface area contributed by atoms with E-state index in [9.17, 15) is 14.4 Å². The van der Waals surface area contributed by atoms with Crippen molar-refractivity contribution >= 4 is 22.7 Å². The number of fused-ring (bicyclic) bond motifs is 1. The largest absolute Gasteiger partial charge is 0.361 e. The van der Waals surface area contributed by atoms with Crippen molar-refractivity contribution in [1.29, 1.82) is 0 Å². The van der Waals surface area contributed by atoms with Crippen LogP contribution in [0.25, 0.3) is 10.9 Å². The molecule has 1 aromatic carbocycles. The van der Waals surface area contributed by atoms with Gasteiger partial charge in [-0.3, -0.25) is 14.4 Å². The maximum Gasteiger partial charge on any atom is 0.263 e. The van der Waals surface area contributed by atoms with Gasteiger partial charge in [0.15, 0.2) is 0 Å². The molecular formula is C24H27N5O3. The number of rotatable bonds is 5. The van der Waals surface area contributed by atoms with Gasteiger partial charge in [0.2, 0.25) is 0 Å². The number of H-pyrrole nitrogens is 1. The monoisotopic (exact) mass is 433 g/mol. The third-order valence-electron chi connectivity index (χ3n) is 6.93. The lowest BCUT2D eigenvalue weighted by Gasteiger charge is -2.57. The van der Waals surface area contributed by atoms with Crippen molar-refractivity contribution in [3.63, 3.8) is 0 Å². The van der Waals surface area contributed by atoms with Crippen LogP contribution in [0.15, 0.2) is 47.5 Å². The van der Waals surface area contributed by atoms with Gasteiger partial charge in [-0.2, -0.15) is 0 Å². The average Bonchev–Trinajstić information content (AvgIpc) is 3.21. The zero-order chi connectivity index (χ0) is 22.5. The first-order valence-corrected chi connectivity index (χ1v) is 11.0. The lowest BCUT2D eigenvalue weighted by molar-refractivity contribution is -0.0159. The lowest BCUT2D eigenvalue weighted by Crippen LogP contribution is -2.59. The van der Waals surface area contributed by atoms with Crippen molar-refractivity contribution in [2.45, 2.75) is 44.3 Å². The second kappa shape index (κ2) is 7.63. The molecule has 166 valence electrons. The molecule has 2 amide bonds. The standard InChI is InChI=1S/C24H27N5O3/c1-26-22(31)19-7-15(21(30)28-17-10-24(11-17)8-16(25)9-24)13-29(23(19)32)12-14-3-2-4-20-18(14)5-6-27-20/h2-7,13,16-17,27H,8-12,25H2,1H3,(H,26,31)(H,28,30). The molecule has 8 heteroatoms. The first kappa shape index (κ1) is 20.5. The molecule has 2 aliphatic rings. The van der Waals surface area contributed by atoms with Crippen LogP contribution in [0.4, 0.5) is 0 Å². The number of benzene rings is 1. The van der Waals surface area contributed by atoms with E-state index in [-0.39, 0.29) is 30.1 Å². The number of nitrogens with zero attached hydrogens (tertiary/aromatic N) is 1. The highest BCUT2D eigenvalue weighted by molar-refractivity contribution is 5.99. The van der Waals surface area contributed by atoms with Gasteiger partial charge in [-0.05, 0) is 54.9 Å². The normalized spacial score (nSPS) is 24.1. The molecule has 3 aromatic rings. The SMILES string of the molecule is CNC(=O)c1cc(C(=O)NC2CC3(CC(N)C3)C2)cn(Cc2cccc3[nH]ccc23)c1=O. The fourth-order valence-corrected chi connectivity index (χ4v) is 5.39. The van der Waals surface area contributed by atoms with Crippen molar-refractivity contribution in [2.24, 2.45) is 11.1 Å². The summed E-state index contributed by atoms with van der Waals surface area (Å²) < 4.78 is 1.44. The van der Waals surface area contributed by atoms with E-state index in [4.69, 9.17) is 5.73 Å². The molecule has 0 radical (unpaired) electrons. The molecule has 0 atom stereocenters. The van der Waals surface area contributed by atoms with E-state index in [0.717, 1.165) is 42.1 Å². The van der Waals surface area contributed by atoms with Crippen molar-refractivity contribution < 1.29 is 9.59 Å². The first-order valence-electron chi connectivity index (χ1n) is 11.0. The van der Waals surface area contributed by atoms with Crippen LogP contribution in [-0.4, -0.2) is 40.5 Å². The Morgan fingerprint density at radius 2 is 1.97 bits per heavy atom. The Balaban J connectivity index is 1.42. The summed E-state index contributed by atoms with van der Waals surface area (Å²) in [5.41, 5.74) is 7.94. The quantitative estimate of drug-likeness (QED) is 0.489. The second-order valence-corrected chi connectivity index (χ2v) is 9.26. The summed E-state index contributed by atoms with van der Waals surface area (Å²) in [5, 5.41) is 6.55. The summed E-state index contributed by atoms with van der Waals surface area (Å²) in [4.78, 5) is 41.5. The number of hydrogen-bond acceptors (Lipinski definition) is 4. The molecule has 2 aromatic heterocycles. The number of amides is 2. The van der Waals surface area contributed by atoms with E-state index >= 15 is 0 Å². The van der Waals surface area contributed by atoms with Gasteiger partial charge in [0.1, 0.15) is 5.56 Å². The fraction of sp³-hybridized carbons (Fsp3) is 0.375. The lowest BCUT2D eigenvalue weighted by atomic mass is 9.52. The highest BCUT2D eigenvalue weighted by Gasteiger charge is 2.52. The average molecular weight is 434 g/mol. The minimum absolute atomic E-state index is 0.0450. The highest BCUT2D eigenvalue weighted by atomic mass is 16.2. The summed E-state index contributed by atoms with van der Waals surface area (Å²) in [5.74, 6) is -0.781. The summed E-state index contributed by atoms with van der Waals surface area (Å²) >= 11 is 0. The minimum atomic E-state index is -0.510. The predicted octanol–water partition coefficient (Wildman–Crippen LogP) is 1.74. The molecule has 2 fully saturated rings. The van der Waals surface area contributed by atoms with Crippen LogP contribution in [0.1, 0.15) is 52.0 Å². The van der Waals surface area contributed by atoms with Gasteiger partial charge in [-0.25, -0.2) is 0 Å². The Hall–Kier alpha value is -3.39. The van der Waals surface area contributed by atoms with Crippen LogP contribution in [0.3, 0.4) is 0 Å². The number of carbonyl (C=O) groups excluding carboxylic acids is 2. The smallest absolute Gasteiger partial charge is 0.263 e. The third-order valence-corrected chi connectivity index (χ3v) is 6.93. The highest BCUT2D eigenvalue weighted by Crippen LogP contribution is 2.55. The van der Waals surface area contributed by atoms with Crippen LogP contribution >= 0.6 is 0 Å². The zero-order valence-corrected chi connectivity index (χ0v) is 18.0. The number of aromatic nitrogens is 2. The van der Waals surface area contributed by atoms with Gasteiger partial charge in [0.05, 0.1) is 12.1 Å². The van der Waals surface area contributed by atoms with Gasteiger partial charge < -0.3 is 25.9 Å². The molecule has 5 rings (SSSR count). The van der Waals surface area contributed by atoms with Crippen LogP contribution in [0.5, 0.6) is 0 Å². The number of nitrogens with two attached hydrogens (primary N) is 1. The van der Waals surface area contributed by atoms with Crippen LogP contribution in [0.2, 0.25) is 0 Å². The van der Waals surface area contributed by atoms with Crippen LogP contribution in [-0.2, 0) is 6.54 Å². The molecule has 2 saturated carbocycles. The Bertz CT molecular complexity index is 1260. The molecule has 1 spiro atoms. The maximum absolute atomic E-state index is 13.0. The summed E-state index contributed by atoms with van der Waals surface area (Å²) in [6, 6.07) is 9.53. The van der Waals surface area contributed by atoms with Crippen molar-refractivity contribution in [3.8, 4) is 0 Å². The molecule has 8 nitrogen and oxygen atoms in total. The van der Waals surface area contributed by atoms with E-state index in [2.05, 4.69) is 15.6 Å². The molecule has 32 heavy (non-hydrogen) atoms. The summed E-state index contributed by atoms with van der Waals surface area (Å²) in [7, 11) is 1.47. The van der Waals surface area contributed by atoms with Gasteiger partial charge in [-0.1, -0.05) is 12.1 Å². The molecule has 2 heterocycles. The number of carbonyl (C=O) groups is 2. The van der Waals surface area contributed by atoms with E-state index in [1.165, 1.54) is 17.7 Å². The van der Waals surface area contributed by atoms with Crippen molar-refractivity contribution in [1.82, 2.24) is 20.2 Å². The summed E-state index contributed by atoms with van der Waals surface area (Å²) in [6.45, 7) is 0.254. The van der Waals surface area contributed by atoms with Gasteiger partial charge in [0, 0.05) is 42.4 Å². The Morgan fingerprint density at radius 1 is 1.19 bits per heavy atom. The minimum Gasteiger partial charge on any atom is -0.361 e. The Kier molecular flexibility index (Phi) is 4.89. The molecule has 0 unspecified atom stereocenters. The van der Waals surface area contributed by atoms with Crippen LogP contribution in [0, 0.1) is 5.41 Å². The van der Waals surface area contributed by atoms with E-state index < -0.39 is 11.5 Å². The predicted molar refractivity (Wildman–Crippen MR) is 122 cm³/mol. The van der Waals surface area contributed by atoms with E-state index in [1.54, 1.807) is 6.20 Å². The number of aromatic amines is 1. The number of pyridine rings is 1.